The molecule has 0 saturated carbocycles. The number of carbonyl (C=O) groups excluding carboxylic acids is 1. The molecule has 3 aromatic rings. The zero-order valence-electron chi connectivity index (χ0n) is 13.0. The number of thiazole rings is 1. The Kier molecular flexibility index (Phi) is 5.08. The third kappa shape index (κ3) is 4.33. The van der Waals surface area contributed by atoms with Crippen LogP contribution in [-0.2, 0) is 11.3 Å². The lowest BCUT2D eigenvalue weighted by molar-refractivity contribution is -0.119. The van der Waals surface area contributed by atoms with E-state index >= 15 is 0 Å². The first-order chi connectivity index (χ1) is 11.7. The SMILES string of the molecule is Nc1nc(-c2ccc(NCC(=O)NCc3ccccc3)cc2)cs1. The summed E-state index contributed by atoms with van der Waals surface area (Å²) in [6.07, 6.45) is 0. The van der Waals surface area contributed by atoms with Crippen molar-refractivity contribution in [1.29, 1.82) is 0 Å². The Bertz CT molecular complexity index is 799. The van der Waals surface area contributed by atoms with E-state index in [1.807, 2.05) is 60.0 Å². The minimum Gasteiger partial charge on any atom is -0.376 e. The van der Waals surface area contributed by atoms with Gasteiger partial charge in [0.15, 0.2) is 5.13 Å². The number of hydrogen-bond donors (Lipinski definition) is 3. The number of benzene rings is 2. The first kappa shape index (κ1) is 16.0. The summed E-state index contributed by atoms with van der Waals surface area (Å²) in [5, 5.41) is 8.48. The van der Waals surface area contributed by atoms with Gasteiger partial charge in [0.25, 0.3) is 0 Å². The highest BCUT2D eigenvalue weighted by Gasteiger charge is 2.04. The van der Waals surface area contributed by atoms with Gasteiger partial charge in [0.2, 0.25) is 5.91 Å². The molecule has 0 aliphatic carbocycles. The van der Waals surface area contributed by atoms with Gasteiger partial charge >= 0.3 is 0 Å². The molecule has 122 valence electrons. The number of aromatic nitrogens is 1. The highest BCUT2D eigenvalue weighted by atomic mass is 32.1. The second kappa shape index (κ2) is 7.61. The molecule has 1 amide bonds. The summed E-state index contributed by atoms with van der Waals surface area (Å²) in [7, 11) is 0. The Morgan fingerprint density at radius 1 is 1.08 bits per heavy atom. The topological polar surface area (TPSA) is 80.0 Å². The van der Waals surface area contributed by atoms with Crippen LogP contribution in [0, 0.1) is 0 Å². The summed E-state index contributed by atoms with van der Waals surface area (Å²) < 4.78 is 0. The van der Waals surface area contributed by atoms with Crippen LogP contribution in [0.1, 0.15) is 5.56 Å². The standard InChI is InChI=1S/C18H18N4OS/c19-18-22-16(12-24-18)14-6-8-15(9-7-14)20-11-17(23)21-10-13-4-2-1-3-5-13/h1-9,12,20H,10-11H2,(H2,19,22)(H,21,23). The normalized spacial score (nSPS) is 10.3. The number of carbonyl (C=O) groups is 1. The van der Waals surface area contributed by atoms with E-state index in [0.717, 1.165) is 22.5 Å². The van der Waals surface area contributed by atoms with Crippen molar-refractivity contribution in [2.24, 2.45) is 0 Å². The van der Waals surface area contributed by atoms with Gasteiger partial charge in [-0.2, -0.15) is 0 Å². The van der Waals surface area contributed by atoms with Crippen LogP contribution in [0.15, 0.2) is 60.0 Å². The molecule has 24 heavy (non-hydrogen) atoms. The third-order valence-corrected chi connectivity index (χ3v) is 4.16. The second-order valence-corrected chi connectivity index (χ2v) is 6.15. The number of hydrogen-bond acceptors (Lipinski definition) is 5. The van der Waals surface area contributed by atoms with E-state index in [0.29, 0.717) is 11.7 Å². The maximum atomic E-state index is 11.9. The number of nitrogen functional groups attached to an aromatic ring is 1. The molecule has 0 aliphatic heterocycles. The number of nitrogens with one attached hydrogen (secondary N) is 2. The Morgan fingerprint density at radius 2 is 1.83 bits per heavy atom. The average molecular weight is 338 g/mol. The van der Waals surface area contributed by atoms with Crippen molar-refractivity contribution in [3.63, 3.8) is 0 Å². The van der Waals surface area contributed by atoms with Gasteiger partial charge in [-0.25, -0.2) is 4.98 Å². The van der Waals surface area contributed by atoms with Crippen LogP contribution in [0.4, 0.5) is 10.8 Å². The van der Waals surface area contributed by atoms with E-state index in [1.54, 1.807) is 0 Å². The fourth-order valence-corrected chi connectivity index (χ4v) is 2.79. The molecule has 0 saturated heterocycles. The van der Waals surface area contributed by atoms with Crippen molar-refractivity contribution < 1.29 is 4.79 Å². The van der Waals surface area contributed by atoms with Gasteiger partial charge in [-0.05, 0) is 17.7 Å². The first-order valence-electron chi connectivity index (χ1n) is 7.56. The lowest BCUT2D eigenvalue weighted by Gasteiger charge is -2.08. The predicted molar refractivity (Wildman–Crippen MR) is 98.7 cm³/mol. The maximum Gasteiger partial charge on any atom is 0.239 e. The molecule has 2 aromatic carbocycles. The highest BCUT2D eigenvalue weighted by Crippen LogP contribution is 2.24. The Hall–Kier alpha value is -2.86. The molecule has 0 fully saturated rings. The molecule has 0 aliphatic rings. The van der Waals surface area contributed by atoms with Crippen molar-refractivity contribution >= 4 is 28.1 Å². The van der Waals surface area contributed by atoms with Crippen molar-refractivity contribution in [3.05, 3.63) is 65.5 Å². The van der Waals surface area contributed by atoms with Crippen molar-refractivity contribution in [1.82, 2.24) is 10.3 Å². The largest absolute Gasteiger partial charge is 0.376 e. The molecule has 0 spiro atoms. The molecule has 3 rings (SSSR count). The minimum absolute atomic E-state index is 0.0461. The van der Waals surface area contributed by atoms with Gasteiger partial charge in [0.05, 0.1) is 12.2 Å². The van der Waals surface area contributed by atoms with Crippen molar-refractivity contribution in [3.8, 4) is 11.3 Å². The monoisotopic (exact) mass is 338 g/mol. The number of rotatable bonds is 6. The minimum atomic E-state index is -0.0461. The summed E-state index contributed by atoms with van der Waals surface area (Å²) in [5.41, 5.74) is 9.48. The van der Waals surface area contributed by atoms with E-state index in [1.165, 1.54) is 11.3 Å². The predicted octanol–water partition coefficient (Wildman–Crippen LogP) is 3.12. The van der Waals surface area contributed by atoms with Crippen LogP contribution >= 0.6 is 11.3 Å². The van der Waals surface area contributed by atoms with Gasteiger partial charge in [-0.3, -0.25) is 4.79 Å². The van der Waals surface area contributed by atoms with Crippen LogP contribution in [-0.4, -0.2) is 17.4 Å². The fourth-order valence-electron chi connectivity index (χ4n) is 2.22. The zero-order chi connectivity index (χ0) is 16.8. The number of nitrogens with zero attached hydrogens (tertiary/aromatic N) is 1. The van der Waals surface area contributed by atoms with E-state index in [9.17, 15) is 4.79 Å². The zero-order valence-corrected chi connectivity index (χ0v) is 13.8. The van der Waals surface area contributed by atoms with Crippen LogP contribution < -0.4 is 16.4 Å². The van der Waals surface area contributed by atoms with Gasteiger partial charge in [-0.1, -0.05) is 42.5 Å². The molecular formula is C18H18N4OS. The number of nitrogens with two attached hydrogens (primary N) is 1. The smallest absolute Gasteiger partial charge is 0.239 e. The van der Waals surface area contributed by atoms with Crippen molar-refractivity contribution in [2.75, 3.05) is 17.6 Å². The molecule has 4 N–H and O–H groups in total. The third-order valence-electron chi connectivity index (χ3n) is 3.49. The van der Waals surface area contributed by atoms with Crippen LogP contribution in [0.3, 0.4) is 0 Å². The Morgan fingerprint density at radius 3 is 2.50 bits per heavy atom. The van der Waals surface area contributed by atoms with Gasteiger partial charge < -0.3 is 16.4 Å². The van der Waals surface area contributed by atoms with E-state index in [2.05, 4.69) is 15.6 Å². The lowest BCUT2D eigenvalue weighted by Crippen LogP contribution is -2.29. The maximum absolute atomic E-state index is 11.9. The summed E-state index contributed by atoms with van der Waals surface area (Å²) in [6, 6.07) is 17.6. The quantitative estimate of drug-likeness (QED) is 0.645. The summed E-state index contributed by atoms with van der Waals surface area (Å²) in [4.78, 5) is 16.1. The van der Waals surface area contributed by atoms with Crippen LogP contribution in [0.2, 0.25) is 0 Å². The van der Waals surface area contributed by atoms with Crippen molar-refractivity contribution in [2.45, 2.75) is 6.54 Å². The Balaban J connectivity index is 1.48. The molecule has 0 bridgehead atoms. The molecule has 1 heterocycles. The summed E-state index contributed by atoms with van der Waals surface area (Å²) in [6.45, 7) is 0.765. The molecule has 0 radical (unpaired) electrons. The fraction of sp³-hybridized carbons (Fsp3) is 0.111. The molecule has 1 aromatic heterocycles. The van der Waals surface area contributed by atoms with E-state index in [4.69, 9.17) is 5.73 Å². The lowest BCUT2D eigenvalue weighted by atomic mass is 10.1. The average Bonchev–Trinajstić information content (AvgIpc) is 3.06. The molecule has 0 atom stereocenters. The van der Waals surface area contributed by atoms with Gasteiger partial charge in [0, 0.05) is 23.2 Å². The number of amides is 1. The van der Waals surface area contributed by atoms with Gasteiger partial charge in [-0.15, -0.1) is 11.3 Å². The summed E-state index contributed by atoms with van der Waals surface area (Å²) in [5.74, 6) is -0.0461. The molecule has 0 unspecified atom stereocenters. The second-order valence-electron chi connectivity index (χ2n) is 5.26. The molecule has 6 heteroatoms. The Labute approximate surface area is 144 Å². The highest BCUT2D eigenvalue weighted by molar-refractivity contribution is 7.13. The van der Waals surface area contributed by atoms with Crippen LogP contribution in [0.25, 0.3) is 11.3 Å². The summed E-state index contributed by atoms with van der Waals surface area (Å²) >= 11 is 1.42. The first-order valence-corrected chi connectivity index (χ1v) is 8.44. The van der Waals surface area contributed by atoms with Gasteiger partial charge in [0.1, 0.15) is 0 Å². The van der Waals surface area contributed by atoms with E-state index < -0.39 is 0 Å². The van der Waals surface area contributed by atoms with E-state index in [-0.39, 0.29) is 12.5 Å². The molecule has 5 nitrogen and oxygen atoms in total. The molecular weight excluding hydrogens is 320 g/mol. The number of anilines is 2. The van der Waals surface area contributed by atoms with Crippen LogP contribution in [0.5, 0.6) is 0 Å².